The van der Waals surface area contributed by atoms with Gasteiger partial charge in [0.05, 0.1) is 6.26 Å². The van der Waals surface area contributed by atoms with Crippen LogP contribution in [-0.4, -0.2) is 46.6 Å². The second-order valence-electron chi connectivity index (χ2n) is 6.86. The topological polar surface area (TPSA) is 84.4 Å². The Bertz CT molecular complexity index is 660. The molecule has 0 aliphatic carbocycles. The first kappa shape index (κ1) is 17.7. The smallest absolute Gasteiger partial charge is 0.238 e. The maximum atomic E-state index is 12.1. The van der Waals surface area contributed by atoms with E-state index in [1.807, 2.05) is 0 Å². The van der Waals surface area contributed by atoms with Crippen LogP contribution in [0.25, 0.3) is 11.6 Å². The molecule has 7 nitrogen and oxygen atoms in total. The number of furan rings is 1. The molecule has 7 heteroatoms. The van der Waals surface area contributed by atoms with Crippen LogP contribution in [-0.2, 0) is 11.2 Å². The first-order valence-corrected chi connectivity index (χ1v) is 8.99. The number of hydrogen-bond acceptors (Lipinski definition) is 6. The fourth-order valence-electron chi connectivity index (χ4n) is 3.03. The summed E-state index contributed by atoms with van der Waals surface area (Å²) in [5.74, 6) is 2.24. The average Bonchev–Trinajstić information content (AvgIpc) is 3.29. The number of nitrogens with one attached hydrogen (secondary N) is 1. The Hall–Kier alpha value is -2.15. The SMILES string of the molecule is CC1CCN([C@H](C)CNC(=O)CCc2nc(-c3ccco3)no2)CC1. The summed E-state index contributed by atoms with van der Waals surface area (Å²) in [5.41, 5.74) is 0. The molecule has 3 heterocycles. The van der Waals surface area contributed by atoms with Gasteiger partial charge in [-0.3, -0.25) is 9.69 Å². The lowest BCUT2D eigenvalue weighted by molar-refractivity contribution is -0.121. The number of aromatic nitrogens is 2. The molecule has 2 aromatic heterocycles. The van der Waals surface area contributed by atoms with Gasteiger partial charge in [0, 0.05) is 25.4 Å². The van der Waals surface area contributed by atoms with Gasteiger partial charge in [-0.25, -0.2) is 0 Å². The number of aryl methyl sites for hydroxylation is 1. The molecule has 0 aromatic carbocycles. The lowest BCUT2D eigenvalue weighted by atomic mass is 9.98. The minimum Gasteiger partial charge on any atom is -0.461 e. The highest BCUT2D eigenvalue weighted by Gasteiger charge is 2.20. The number of rotatable bonds is 7. The summed E-state index contributed by atoms with van der Waals surface area (Å²) in [7, 11) is 0. The first-order valence-electron chi connectivity index (χ1n) is 8.99. The minimum atomic E-state index is 0.00924. The van der Waals surface area contributed by atoms with Crippen molar-refractivity contribution < 1.29 is 13.7 Å². The van der Waals surface area contributed by atoms with Gasteiger partial charge in [0.2, 0.25) is 17.6 Å². The van der Waals surface area contributed by atoms with E-state index in [4.69, 9.17) is 8.94 Å². The van der Waals surface area contributed by atoms with Crippen molar-refractivity contribution >= 4 is 5.91 Å². The van der Waals surface area contributed by atoms with Crippen LogP contribution >= 0.6 is 0 Å². The molecule has 0 unspecified atom stereocenters. The molecule has 1 aliphatic heterocycles. The van der Waals surface area contributed by atoms with Gasteiger partial charge < -0.3 is 14.3 Å². The zero-order valence-corrected chi connectivity index (χ0v) is 14.9. The zero-order valence-electron chi connectivity index (χ0n) is 14.9. The van der Waals surface area contributed by atoms with Gasteiger partial charge in [-0.2, -0.15) is 4.98 Å². The zero-order chi connectivity index (χ0) is 17.6. The van der Waals surface area contributed by atoms with E-state index < -0.39 is 0 Å². The van der Waals surface area contributed by atoms with Gasteiger partial charge in [-0.1, -0.05) is 12.1 Å². The second-order valence-corrected chi connectivity index (χ2v) is 6.86. The summed E-state index contributed by atoms with van der Waals surface area (Å²) in [6.45, 7) is 7.39. The largest absolute Gasteiger partial charge is 0.461 e. The van der Waals surface area contributed by atoms with Crippen LogP contribution in [0.4, 0.5) is 0 Å². The van der Waals surface area contributed by atoms with Crippen molar-refractivity contribution in [1.82, 2.24) is 20.4 Å². The van der Waals surface area contributed by atoms with Crippen LogP contribution in [0.1, 0.15) is 39.0 Å². The van der Waals surface area contributed by atoms with Gasteiger partial charge in [0.15, 0.2) is 5.76 Å². The molecule has 136 valence electrons. The molecule has 0 radical (unpaired) electrons. The van der Waals surface area contributed by atoms with E-state index in [0.29, 0.717) is 42.9 Å². The fourth-order valence-corrected chi connectivity index (χ4v) is 3.03. The first-order chi connectivity index (χ1) is 12.1. The number of piperidine rings is 1. The number of amides is 1. The van der Waals surface area contributed by atoms with Crippen LogP contribution in [0, 0.1) is 5.92 Å². The molecule has 2 aromatic rings. The normalized spacial score (nSPS) is 17.5. The van der Waals surface area contributed by atoms with Gasteiger partial charge in [0.25, 0.3) is 0 Å². The molecule has 1 fully saturated rings. The summed E-state index contributed by atoms with van der Waals surface area (Å²) in [6, 6.07) is 3.90. The lowest BCUT2D eigenvalue weighted by Gasteiger charge is -2.35. The van der Waals surface area contributed by atoms with Crippen LogP contribution in [0.15, 0.2) is 27.3 Å². The van der Waals surface area contributed by atoms with E-state index in [2.05, 4.69) is 34.2 Å². The third-order valence-electron chi connectivity index (χ3n) is 4.81. The van der Waals surface area contributed by atoms with Crippen molar-refractivity contribution in [3.63, 3.8) is 0 Å². The highest BCUT2D eigenvalue weighted by Crippen LogP contribution is 2.18. The van der Waals surface area contributed by atoms with Crippen molar-refractivity contribution in [3.05, 3.63) is 24.3 Å². The monoisotopic (exact) mass is 346 g/mol. The van der Waals surface area contributed by atoms with Crippen molar-refractivity contribution in [2.45, 2.75) is 45.6 Å². The predicted octanol–water partition coefficient (Wildman–Crippen LogP) is 2.50. The second kappa shape index (κ2) is 8.29. The summed E-state index contributed by atoms with van der Waals surface area (Å²) < 4.78 is 10.4. The number of carbonyl (C=O) groups excluding carboxylic acids is 1. The average molecular weight is 346 g/mol. The molecule has 1 atom stereocenters. The Morgan fingerprint density at radius 2 is 2.24 bits per heavy atom. The molecule has 0 spiro atoms. The molecule has 3 rings (SSSR count). The van der Waals surface area contributed by atoms with Crippen LogP contribution in [0.3, 0.4) is 0 Å². The molecule has 0 bridgehead atoms. The Labute approximate surface area is 147 Å². The minimum absolute atomic E-state index is 0.00924. The van der Waals surface area contributed by atoms with Crippen LogP contribution in [0.2, 0.25) is 0 Å². The maximum Gasteiger partial charge on any atom is 0.238 e. The molecule has 1 amide bonds. The number of likely N-dealkylation sites (tertiary alicyclic amines) is 1. The van der Waals surface area contributed by atoms with E-state index in [-0.39, 0.29) is 5.91 Å². The highest BCUT2D eigenvalue weighted by molar-refractivity contribution is 5.76. The Kier molecular flexibility index (Phi) is 5.86. The Morgan fingerprint density at radius 3 is 2.96 bits per heavy atom. The number of hydrogen-bond donors (Lipinski definition) is 1. The van der Waals surface area contributed by atoms with E-state index in [1.54, 1.807) is 18.4 Å². The predicted molar refractivity (Wildman–Crippen MR) is 92.8 cm³/mol. The van der Waals surface area contributed by atoms with Crippen molar-refractivity contribution in [3.8, 4) is 11.6 Å². The van der Waals surface area contributed by atoms with Crippen molar-refractivity contribution in [1.29, 1.82) is 0 Å². The van der Waals surface area contributed by atoms with Gasteiger partial charge >= 0.3 is 0 Å². The Balaban J connectivity index is 1.38. The van der Waals surface area contributed by atoms with Gasteiger partial charge in [-0.05, 0) is 50.9 Å². The third-order valence-corrected chi connectivity index (χ3v) is 4.81. The quantitative estimate of drug-likeness (QED) is 0.829. The summed E-state index contributed by atoms with van der Waals surface area (Å²) in [6.07, 6.45) is 4.81. The van der Waals surface area contributed by atoms with Crippen molar-refractivity contribution in [2.75, 3.05) is 19.6 Å². The summed E-state index contributed by atoms with van der Waals surface area (Å²) >= 11 is 0. The molecule has 1 aliphatic rings. The molecule has 0 saturated carbocycles. The number of nitrogens with zero attached hydrogens (tertiary/aromatic N) is 3. The van der Waals surface area contributed by atoms with E-state index in [1.165, 1.54) is 12.8 Å². The van der Waals surface area contributed by atoms with Crippen LogP contribution in [0.5, 0.6) is 0 Å². The molecular formula is C18H26N4O3. The standard InChI is InChI=1S/C18H26N4O3/c1-13-7-9-22(10-8-13)14(2)12-19-16(23)5-6-17-20-18(21-25-17)15-4-3-11-24-15/h3-4,11,13-14H,5-10,12H2,1-2H3,(H,19,23)/t14-/m1/s1. The van der Waals surface area contributed by atoms with E-state index in [9.17, 15) is 4.79 Å². The van der Waals surface area contributed by atoms with Crippen LogP contribution < -0.4 is 5.32 Å². The lowest BCUT2D eigenvalue weighted by Crippen LogP contribution is -2.45. The van der Waals surface area contributed by atoms with Crippen molar-refractivity contribution in [2.24, 2.45) is 5.92 Å². The molecule has 1 saturated heterocycles. The molecular weight excluding hydrogens is 320 g/mol. The Morgan fingerprint density at radius 1 is 1.44 bits per heavy atom. The van der Waals surface area contributed by atoms with E-state index in [0.717, 1.165) is 19.0 Å². The number of carbonyl (C=O) groups is 1. The molecule has 25 heavy (non-hydrogen) atoms. The van der Waals surface area contributed by atoms with Gasteiger partial charge in [-0.15, -0.1) is 0 Å². The summed E-state index contributed by atoms with van der Waals surface area (Å²) in [4.78, 5) is 18.7. The summed E-state index contributed by atoms with van der Waals surface area (Å²) in [5, 5.41) is 6.87. The fraction of sp³-hybridized carbons (Fsp3) is 0.611. The van der Waals surface area contributed by atoms with E-state index >= 15 is 0 Å². The maximum absolute atomic E-state index is 12.1. The highest BCUT2D eigenvalue weighted by atomic mass is 16.5. The van der Waals surface area contributed by atoms with Gasteiger partial charge in [0.1, 0.15) is 0 Å². The molecule has 1 N–H and O–H groups in total. The third kappa shape index (κ3) is 4.92.